The number of hydrogen-bond donors (Lipinski definition) is 2. The second-order valence-corrected chi connectivity index (χ2v) is 7.88. The van der Waals surface area contributed by atoms with Crippen molar-refractivity contribution in [3.63, 3.8) is 0 Å². The van der Waals surface area contributed by atoms with Crippen molar-refractivity contribution in [1.82, 2.24) is 20.1 Å². The Bertz CT molecular complexity index is 1060. The third-order valence-corrected chi connectivity index (χ3v) is 5.53. The van der Waals surface area contributed by atoms with Crippen LogP contribution < -0.4 is 10.1 Å². The number of hydrogen-bond acceptors (Lipinski definition) is 5. The summed E-state index contributed by atoms with van der Waals surface area (Å²) in [5.41, 5.74) is 1.55. The number of benzene rings is 2. The molecule has 1 aliphatic rings. The predicted molar refractivity (Wildman–Crippen MR) is 121 cm³/mol. The molecule has 0 bridgehead atoms. The van der Waals surface area contributed by atoms with Gasteiger partial charge in [0.15, 0.2) is 5.82 Å². The summed E-state index contributed by atoms with van der Waals surface area (Å²) in [7, 11) is 0. The number of carbonyl (C=O) groups excluding carboxylic acids is 2. The van der Waals surface area contributed by atoms with Gasteiger partial charge in [-0.15, -0.1) is 0 Å². The number of anilines is 1. The number of rotatable bonds is 7. The molecule has 0 saturated carbocycles. The lowest BCUT2D eigenvalue weighted by Gasteiger charge is -2.31. The molecule has 32 heavy (non-hydrogen) atoms. The number of nitrogens with one attached hydrogen (secondary N) is 2. The number of carbonyl (C=O) groups is 2. The van der Waals surface area contributed by atoms with Gasteiger partial charge in [0.2, 0.25) is 11.8 Å². The number of amides is 2. The Morgan fingerprint density at radius 3 is 2.62 bits per heavy atom. The molecule has 2 aromatic carbocycles. The lowest BCUT2D eigenvalue weighted by atomic mass is 9.95. The third-order valence-electron chi connectivity index (χ3n) is 5.53. The summed E-state index contributed by atoms with van der Waals surface area (Å²) in [6, 6.07) is 17.0. The number of ether oxygens (including phenoxy) is 1. The number of aromatic nitrogens is 3. The van der Waals surface area contributed by atoms with Gasteiger partial charge in [0.1, 0.15) is 11.6 Å². The van der Waals surface area contributed by atoms with E-state index in [4.69, 9.17) is 4.74 Å². The first kappa shape index (κ1) is 21.5. The van der Waals surface area contributed by atoms with E-state index in [2.05, 4.69) is 20.5 Å². The van der Waals surface area contributed by atoms with E-state index in [1.54, 1.807) is 0 Å². The molecule has 1 saturated heterocycles. The van der Waals surface area contributed by atoms with Crippen LogP contribution in [0.3, 0.4) is 0 Å². The van der Waals surface area contributed by atoms with E-state index >= 15 is 0 Å². The topological polar surface area (TPSA) is 100 Å². The van der Waals surface area contributed by atoms with Gasteiger partial charge in [-0.1, -0.05) is 30.3 Å². The van der Waals surface area contributed by atoms with Crippen molar-refractivity contribution in [3.05, 3.63) is 60.4 Å². The standard InChI is InChI=1S/C24H27N5O3/c1-17-25-23(28-27-17)19-6-5-7-20(16-19)26-24(31)18-10-13-29(14-11-18)22(30)12-15-32-21-8-3-2-4-9-21/h2-9,16,18H,10-15H2,1H3,(H,26,31)(H,25,27,28). The van der Waals surface area contributed by atoms with Gasteiger partial charge in [0, 0.05) is 30.3 Å². The van der Waals surface area contributed by atoms with Crippen LogP contribution in [0.4, 0.5) is 5.69 Å². The molecule has 0 radical (unpaired) electrons. The average molecular weight is 434 g/mol. The fraction of sp³-hybridized carbons (Fsp3) is 0.333. The molecule has 2 amide bonds. The second-order valence-electron chi connectivity index (χ2n) is 7.88. The number of para-hydroxylation sites is 1. The van der Waals surface area contributed by atoms with Crippen molar-refractivity contribution in [2.75, 3.05) is 25.0 Å². The van der Waals surface area contributed by atoms with Gasteiger partial charge in [-0.05, 0) is 44.0 Å². The van der Waals surface area contributed by atoms with Crippen molar-refractivity contribution >= 4 is 17.5 Å². The summed E-state index contributed by atoms with van der Waals surface area (Å²) in [6.07, 6.45) is 1.63. The number of H-pyrrole nitrogens is 1. The molecule has 1 fully saturated rings. The van der Waals surface area contributed by atoms with Crippen molar-refractivity contribution in [3.8, 4) is 17.1 Å². The van der Waals surface area contributed by atoms with Gasteiger partial charge in [-0.25, -0.2) is 4.98 Å². The molecule has 2 N–H and O–H groups in total. The summed E-state index contributed by atoms with van der Waals surface area (Å²) < 4.78 is 5.61. The molecule has 4 rings (SSSR count). The van der Waals surface area contributed by atoms with E-state index in [1.807, 2.05) is 66.4 Å². The first-order valence-corrected chi connectivity index (χ1v) is 10.8. The van der Waals surface area contributed by atoms with Crippen LogP contribution in [-0.2, 0) is 9.59 Å². The van der Waals surface area contributed by atoms with Gasteiger partial charge in [-0.3, -0.25) is 14.7 Å². The van der Waals surface area contributed by atoms with Crippen LogP contribution in [0.2, 0.25) is 0 Å². The first-order chi connectivity index (χ1) is 15.6. The molecule has 166 valence electrons. The van der Waals surface area contributed by atoms with E-state index in [9.17, 15) is 9.59 Å². The summed E-state index contributed by atoms with van der Waals surface area (Å²) >= 11 is 0. The van der Waals surface area contributed by atoms with Crippen LogP contribution in [-0.4, -0.2) is 51.6 Å². The van der Waals surface area contributed by atoms with Crippen LogP contribution in [0.1, 0.15) is 25.1 Å². The number of aromatic amines is 1. The highest BCUT2D eigenvalue weighted by molar-refractivity contribution is 5.93. The smallest absolute Gasteiger partial charge is 0.227 e. The van der Waals surface area contributed by atoms with Gasteiger partial charge in [0.25, 0.3) is 0 Å². The Kier molecular flexibility index (Phi) is 6.79. The lowest BCUT2D eigenvalue weighted by Crippen LogP contribution is -2.41. The zero-order chi connectivity index (χ0) is 22.3. The largest absolute Gasteiger partial charge is 0.493 e. The van der Waals surface area contributed by atoms with Gasteiger partial charge < -0.3 is 15.0 Å². The molecule has 0 aliphatic carbocycles. The van der Waals surface area contributed by atoms with Crippen LogP contribution >= 0.6 is 0 Å². The maximum Gasteiger partial charge on any atom is 0.227 e. The van der Waals surface area contributed by atoms with E-state index in [0.717, 1.165) is 17.1 Å². The van der Waals surface area contributed by atoms with Crippen LogP contribution in [0.25, 0.3) is 11.4 Å². The molecule has 0 spiro atoms. The first-order valence-electron chi connectivity index (χ1n) is 10.8. The minimum atomic E-state index is -0.117. The Morgan fingerprint density at radius 1 is 1.12 bits per heavy atom. The van der Waals surface area contributed by atoms with Gasteiger partial charge in [-0.2, -0.15) is 5.10 Å². The summed E-state index contributed by atoms with van der Waals surface area (Å²) in [6.45, 7) is 3.36. The molecular weight excluding hydrogens is 406 g/mol. The zero-order valence-corrected chi connectivity index (χ0v) is 18.1. The second kappa shape index (κ2) is 10.1. The average Bonchev–Trinajstić information content (AvgIpc) is 3.26. The molecule has 1 aromatic heterocycles. The van der Waals surface area contributed by atoms with Crippen LogP contribution in [0.5, 0.6) is 5.75 Å². The van der Waals surface area contributed by atoms with Crippen molar-refractivity contribution < 1.29 is 14.3 Å². The number of piperidine rings is 1. The quantitative estimate of drug-likeness (QED) is 0.595. The molecule has 0 unspecified atom stereocenters. The zero-order valence-electron chi connectivity index (χ0n) is 18.1. The molecule has 8 nitrogen and oxygen atoms in total. The fourth-order valence-electron chi connectivity index (χ4n) is 3.77. The van der Waals surface area contributed by atoms with E-state index in [-0.39, 0.29) is 17.7 Å². The summed E-state index contributed by atoms with van der Waals surface area (Å²) in [5.74, 6) is 2.03. The van der Waals surface area contributed by atoms with Crippen LogP contribution in [0, 0.1) is 12.8 Å². The Morgan fingerprint density at radius 2 is 1.91 bits per heavy atom. The van der Waals surface area contributed by atoms with Gasteiger partial charge >= 0.3 is 0 Å². The van der Waals surface area contributed by atoms with Crippen LogP contribution in [0.15, 0.2) is 54.6 Å². The Balaban J connectivity index is 1.23. The highest BCUT2D eigenvalue weighted by Crippen LogP contribution is 2.23. The van der Waals surface area contributed by atoms with E-state index in [1.165, 1.54) is 0 Å². The Labute approximate surface area is 187 Å². The molecule has 0 atom stereocenters. The lowest BCUT2D eigenvalue weighted by molar-refractivity contribution is -0.135. The fourth-order valence-corrected chi connectivity index (χ4v) is 3.77. The maximum absolute atomic E-state index is 12.8. The summed E-state index contributed by atoms with van der Waals surface area (Å²) in [4.78, 5) is 31.4. The SMILES string of the molecule is Cc1nc(-c2cccc(NC(=O)C3CCN(C(=O)CCOc4ccccc4)CC3)c2)n[nH]1. The number of likely N-dealkylation sites (tertiary alicyclic amines) is 1. The monoisotopic (exact) mass is 433 g/mol. The highest BCUT2D eigenvalue weighted by Gasteiger charge is 2.27. The molecule has 1 aliphatic heterocycles. The maximum atomic E-state index is 12.8. The molecule has 3 aromatic rings. The predicted octanol–water partition coefficient (Wildman–Crippen LogP) is 3.43. The van der Waals surface area contributed by atoms with E-state index in [0.29, 0.717) is 50.5 Å². The minimum Gasteiger partial charge on any atom is -0.493 e. The van der Waals surface area contributed by atoms with Crippen molar-refractivity contribution in [1.29, 1.82) is 0 Å². The number of nitrogens with zero attached hydrogens (tertiary/aromatic N) is 3. The summed E-state index contributed by atoms with van der Waals surface area (Å²) in [5, 5.41) is 9.99. The Hall–Kier alpha value is -3.68. The number of aryl methyl sites for hydroxylation is 1. The normalized spacial score (nSPS) is 14.2. The van der Waals surface area contributed by atoms with Gasteiger partial charge in [0.05, 0.1) is 13.0 Å². The van der Waals surface area contributed by atoms with E-state index < -0.39 is 0 Å². The third kappa shape index (κ3) is 5.51. The van der Waals surface area contributed by atoms with Crippen molar-refractivity contribution in [2.45, 2.75) is 26.2 Å². The minimum absolute atomic E-state index is 0.0205. The molecular formula is C24H27N5O3. The highest BCUT2D eigenvalue weighted by atomic mass is 16.5. The molecule has 2 heterocycles. The van der Waals surface area contributed by atoms with Crippen molar-refractivity contribution in [2.24, 2.45) is 5.92 Å². The molecule has 8 heteroatoms.